The molecule has 8 heteroatoms. The van der Waals surface area contributed by atoms with Gasteiger partial charge in [0.2, 0.25) is 0 Å². The van der Waals surface area contributed by atoms with Gasteiger partial charge < -0.3 is 19.7 Å². The Morgan fingerprint density at radius 2 is 2.27 bits per heavy atom. The molecule has 1 saturated heterocycles. The van der Waals surface area contributed by atoms with E-state index < -0.39 is 41.2 Å². The first-order chi connectivity index (χ1) is 10.4. The third-order valence-electron chi connectivity index (χ3n) is 4.73. The van der Waals surface area contributed by atoms with Gasteiger partial charge in [-0.3, -0.25) is 14.3 Å². The second kappa shape index (κ2) is 5.31. The zero-order valence-corrected chi connectivity index (χ0v) is 12.5. The first-order valence-electron chi connectivity index (χ1n) is 7.32. The lowest BCUT2D eigenvalue weighted by Gasteiger charge is -2.35. The zero-order valence-electron chi connectivity index (χ0n) is 12.5. The Bertz CT molecular complexity index is 683. The summed E-state index contributed by atoms with van der Waals surface area (Å²) in [6.45, 7) is 3.50. The summed E-state index contributed by atoms with van der Waals surface area (Å²) in [5.74, 6) is 0. The molecule has 0 radical (unpaired) electrons. The van der Waals surface area contributed by atoms with E-state index in [1.807, 2.05) is 0 Å². The third-order valence-corrected chi connectivity index (χ3v) is 4.73. The van der Waals surface area contributed by atoms with Crippen molar-refractivity contribution in [1.82, 2.24) is 9.55 Å². The first kappa shape index (κ1) is 15.4. The number of ether oxygens (including phenoxy) is 2. The second-order valence-electron chi connectivity index (χ2n) is 5.97. The van der Waals surface area contributed by atoms with Crippen LogP contribution < -0.4 is 11.2 Å². The summed E-state index contributed by atoms with van der Waals surface area (Å²) in [6, 6.07) is -0.457. The molecule has 1 aliphatic carbocycles. The molecular formula is C14H20N2O6. The van der Waals surface area contributed by atoms with E-state index in [0.717, 1.165) is 0 Å². The number of aromatic amines is 1. The lowest BCUT2D eigenvalue weighted by atomic mass is 9.85. The van der Waals surface area contributed by atoms with Crippen molar-refractivity contribution >= 4 is 0 Å². The van der Waals surface area contributed by atoms with Crippen LogP contribution in [0.15, 0.2) is 15.8 Å². The third kappa shape index (κ3) is 1.98. The highest BCUT2D eigenvalue weighted by Gasteiger charge is 2.65. The minimum Gasteiger partial charge on any atom is -0.395 e. The molecule has 2 heterocycles. The van der Waals surface area contributed by atoms with Gasteiger partial charge in [0, 0.05) is 18.4 Å². The standard InChI is InChI=1S/C14H20N2O6/c1-3-21-12-14(6-17)4-8(9(22-12)10(14)18)16-5-7(2)11(19)15-13(16)20/h5,8-10,12,17-18H,3-4,6H2,1-2H3,(H,15,19,20)/t8-,9-,10?,12?,14+/m1/s1. The zero-order chi connectivity index (χ0) is 16.1. The highest BCUT2D eigenvalue weighted by molar-refractivity contribution is 5.13. The van der Waals surface area contributed by atoms with Gasteiger partial charge in [-0.05, 0) is 20.3 Å². The Kier molecular flexibility index (Phi) is 3.72. The number of hydrogen-bond donors (Lipinski definition) is 3. The van der Waals surface area contributed by atoms with Gasteiger partial charge in [0.1, 0.15) is 6.10 Å². The number of aliphatic hydroxyl groups is 2. The fourth-order valence-corrected chi connectivity index (χ4v) is 3.52. The van der Waals surface area contributed by atoms with E-state index in [2.05, 4.69) is 4.98 Å². The van der Waals surface area contributed by atoms with Gasteiger partial charge in [0.05, 0.1) is 24.2 Å². The molecule has 1 aromatic heterocycles. The molecule has 5 atom stereocenters. The van der Waals surface area contributed by atoms with E-state index in [9.17, 15) is 19.8 Å². The van der Waals surface area contributed by atoms with Gasteiger partial charge in [-0.1, -0.05) is 0 Å². The van der Waals surface area contributed by atoms with Crippen molar-refractivity contribution in [2.24, 2.45) is 5.41 Å². The quantitative estimate of drug-likeness (QED) is 0.650. The molecule has 2 unspecified atom stereocenters. The first-order valence-corrected chi connectivity index (χ1v) is 7.32. The van der Waals surface area contributed by atoms with Crippen LogP contribution in [0.2, 0.25) is 0 Å². The van der Waals surface area contributed by atoms with Crippen LogP contribution in [0.1, 0.15) is 24.9 Å². The SMILES string of the molecule is CCOC1O[C@H]2C(O)[C@@]1(CO)C[C@H]2n1cc(C)c(=O)[nH]c1=O. The van der Waals surface area contributed by atoms with Crippen molar-refractivity contribution in [3.8, 4) is 0 Å². The van der Waals surface area contributed by atoms with Crippen molar-refractivity contribution in [2.45, 2.75) is 44.8 Å². The van der Waals surface area contributed by atoms with Crippen molar-refractivity contribution in [2.75, 3.05) is 13.2 Å². The maximum atomic E-state index is 12.0. The molecule has 2 bridgehead atoms. The lowest BCUT2D eigenvalue weighted by molar-refractivity contribution is -0.211. The Morgan fingerprint density at radius 3 is 2.91 bits per heavy atom. The molecule has 3 N–H and O–H groups in total. The molecule has 1 aromatic rings. The van der Waals surface area contributed by atoms with Crippen molar-refractivity contribution < 1.29 is 19.7 Å². The highest BCUT2D eigenvalue weighted by atomic mass is 16.7. The number of rotatable bonds is 4. The van der Waals surface area contributed by atoms with Crippen molar-refractivity contribution in [3.05, 3.63) is 32.6 Å². The van der Waals surface area contributed by atoms with E-state index in [-0.39, 0.29) is 6.61 Å². The number of aromatic nitrogens is 2. The Hall–Kier alpha value is -1.48. The van der Waals surface area contributed by atoms with Crippen LogP contribution in [0.3, 0.4) is 0 Å². The predicted molar refractivity (Wildman–Crippen MR) is 75.5 cm³/mol. The van der Waals surface area contributed by atoms with Gasteiger partial charge in [-0.15, -0.1) is 0 Å². The smallest absolute Gasteiger partial charge is 0.328 e. The van der Waals surface area contributed by atoms with Crippen LogP contribution >= 0.6 is 0 Å². The van der Waals surface area contributed by atoms with E-state index >= 15 is 0 Å². The Morgan fingerprint density at radius 1 is 1.55 bits per heavy atom. The van der Waals surface area contributed by atoms with Gasteiger partial charge in [0.25, 0.3) is 5.56 Å². The summed E-state index contributed by atoms with van der Waals surface area (Å²) >= 11 is 0. The van der Waals surface area contributed by atoms with Gasteiger partial charge >= 0.3 is 5.69 Å². The minimum absolute atomic E-state index is 0.303. The Labute approximate surface area is 126 Å². The van der Waals surface area contributed by atoms with Crippen LogP contribution in [0.5, 0.6) is 0 Å². The number of hydrogen-bond acceptors (Lipinski definition) is 6. The largest absolute Gasteiger partial charge is 0.395 e. The van der Waals surface area contributed by atoms with Gasteiger partial charge in [-0.2, -0.15) is 0 Å². The van der Waals surface area contributed by atoms with Crippen molar-refractivity contribution in [1.29, 1.82) is 0 Å². The van der Waals surface area contributed by atoms with Crippen LogP contribution in [0.4, 0.5) is 0 Å². The average molecular weight is 312 g/mol. The minimum atomic E-state index is -0.950. The summed E-state index contributed by atoms with van der Waals surface area (Å²) in [5, 5.41) is 20.2. The number of aryl methyl sites for hydroxylation is 1. The van der Waals surface area contributed by atoms with Crippen LogP contribution in [-0.2, 0) is 9.47 Å². The molecule has 0 spiro atoms. The van der Waals surface area contributed by atoms with E-state index in [4.69, 9.17) is 9.47 Å². The fraction of sp³-hybridized carbons (Fsp3) is 0.714. The molecule has 0 amide bonds. The predicted octanol–water partition coefficient (Wildman–Crippen LogP) is -1.11. The normalized spacial score (nSPS) is 36.9. The number of nitrogens with one attached hydrogen (secondary N) is 1. The van der Waals surface area contributed by atoms with Crippen LogP contribution in [0, 0.1) is 12.3 Å². The molecule has 8 nitrogen and oxygen atoms in total. The monoisotopic (exact) mass is 312 g/mol. The van der Waals surface area contributed by atoms with Crippen LogP contribution in [0.25, 0.3) is 0 Å². The summed E-state index contributed by atoms with van der Waals surface area (Å²) in [4.78, 5) is 25.8. The van der Waals surface area contributed by atoms with E-state index in [0.29, 0.717) is 18.6 Å². The van der Waals surface area contributed by atoms with Gasteiger partial charge in [-0.25, -0.2) is 4.79 Å². The number of nitrogens with zero attached hydrogens (tertiary/aromatic N) is 1. The maximum absolute atomic E-state index is 12.0. The van der Waals surface area contributed by atoms with Crippen molar-refractivity contribution in [3.63, 3.8) is 0 Å². The van der Waals surface area contributed by atoms with Gasteiger partial charge in [0.15, 0.2) is 6.29 Å². The fourth-order valence-electron chi connectivity index (χ4n) is 3.52. The van der Waals surface area contributed by atoms with Crippen LogP contribution in [-0.4, -0.2) is 51.5 Å². The molecule has 2 fully saturated rings. The van der Waals surface area contributed by atoms with E-state index in [1.54, 1.807) is 13.8 Å². The molecule has 22 heavy (non-hydrogen) atoms. The van der Waals surface area contributed by atoms with E-state index in [1.165, 1.54) is 10.8 Å². The molecular weight excluding hydrogens is 292 g/mol. The topological polar surface area (TPSA) is 114 Å². The highest BCUT2D eigenvalue weighted by Crippen LogP contribution is 2.55. The molecule has 122 valence electrons. The second-order valence-corrected chi connectivity index (χ2v) is 5.97. The Balaban J connectivity index is 1.99. The molecule has 1 aliphatic heterocycles. The molecule has 0 aromatic carbocycles. The number of aliphatic hydroxyl groups excluding tert-OH is 2. The summed E-state index contributed by atoms with van der Waals surface area (Å²) in [7, 11) is 0. The molecule has 2 aliphatic rings. The number of H-pyrrole nitrogens is 1. The molecule has 3 rings (SSSR count). The summed E-state index contributed by atoms with van der Waals surface area (Å²) < 4.78 is 12.6. The lowest BCUT2D eigenvalue weighted by Crippen LogP contribution is -2.44. The summed E-state index contributed by atoms with van der Waals surface area (Å²) in [5.41, 5.74) is -1.54. The number of fused-ring (bicyclic) bond motifs is 2. The maximum Gasteiger partial charge on any atom is 0.328 e. The summed E-state index contributed by atoms with van der Waals surface area (Å²) in [6.07, 6.45) is -0.488. The molecule has 1 saturated carbocycles. The average Bonchev–Trinajstić information content (AvgIpc) is 2.91.